The Morgan fingerprint density at radius 2 is 2.24 bits per heavy atom. The van der Waals surface area contributed by atoms with Crippen molar-refractivity contribution in [2.24, 2.45) is 4.99 Å². The van der Waals surface area contributed by atoms with E-state index in [4.69, 9.17) is 9.15 Å². The van der Waals surface area contributed by atoms with Gasteiger partial charge in [0.05, 0.1) is 23.9 Å². The number of aliphatic imine (C=N–C) groups is 1. The van der Waals surface area contributed by atoms with Gasteiger partial charge in [-0.3, -0.25) is 0 Å². The Kier molecular flexibility index (Phi) is 4.14. The maximum absolute atomic E-state index is 5.87. The lowest BCUT2D eigenvalue weighted by Crippen LogP contribution is -2.47. The third-order valence-corrected chi connectivity index (χ3v) is 4.22. The van der Waals surface area contributed by atoms with E-state index < -0.39 is 0 Å². The van der Waals surface area contributed by atoms with Gasteiger partial charge in [0, 0.05) is 6.54 Å². The zero-order chi connectivity index (χ0) is 14.8. The smallest absolute Gasteiger partial charge is 0.216 e. The second kappa shape index (κ2) is 6.05. The molecule has 2 fully saturated rings. The van der Waals surface area contributed by atoms with E-state index in [0.717, 1.165) is 36.8 Å². The molecule has 2 saturated heterocycles. The normalized spacial score (nSPS) is 28.1. The fraction of sp³-hybridized carbons (Fsp3) is 0.733. The fourth-order valence-corrected chi connectivity index (χ4v) is 3.04. The van der Waals surface area contributed by atoms with E-state index in [1.165, 1.54) is 6.42 Å². The topological polar surface area (TPSA) is 71.7 Å². The van der Waals surface area contributed by atoms with Crippen molar-refractivity contribution in [1.82, 2.24) is 15.6 Å². The first-order valence-corrected chi connectivity index (χ1v) is 7.79. The summed E-state index contributed by atoms with van der Waals surface area (Å²) in [5.74, 6) is 2.33. The lowest BCUT2D eigenvalue weighted by molar-refractivity contribution is 0.0992. The minimum atomic E-state index is 0.338. The number of ether oxygens (including phenoxy) is 1. The number of fused-ring (bicyclic) bond motifs is 2. The molecule has 2 aliphatic rings. The molecular formula is C15H24N4O2. The molecule has 6 heteroatoms. The Labute approximate surface area is 125 Å². The summed E-state index contributed by atoms with van der Waals surface area (Å²) in [5, 5.41) is 6.76. The van der Waals surface area contributed by atoms with Crippen molar-refractivity contribution in [2.45, 2.75) is 64.8 Å². The van der Waals surface area contributed by atoms with Crippen molar-refractivity contribution < 1.29 is 9.15 Å². The first-order valence-electron chi connectivity index (χ1n) is 7.79. The second-order valence-electron chi connectivity index (χ2n) is 5.80. The number of oxazole rings is 1. The molecule has 0 radical (unpaired) electrons. The van der Waals surface area contributed by atoms with Gasteiger partial charge in [-0.25, -0.2) is 9.98 Å². The molecule has 3 heterocycles. The van der Waals surface area contributed by atoms with E-state index in [9.17, 15) is 0 Å². The van der Waals surface area contributed by atoms with Crippen LogP contribution in [0.25, 0.3) is 0 Å². The Balaban J connectivity index is 1.61. The van der Waals surface area contributed by atoms with Crippen LogP contribution in [0.2, 0.25) is 0 Å². The van der Waals surface area contributed by atoms with Gasteiger partial charge in [0.15, 0.2) is 5.96 Å². The van der Waals surface area contributed by atoms with Crippen LogP contribution in [0.5, 0.6) is 0 Å². The summed E-state index contributed by atoms with van der Waals surface area (Å²) in [5.41, 5.74) is 0.930. The average Bonchev–Trinajstić information content (AvgIpc) is 3.13. The maximum atomic E-state index is 5.87. The zero-order valence-electron chi connectivity index (χ0n) is 13.0. The van der Waals surface area contributed by atoms with E-state index >= 15 is 0 Å². The van der Waals surface area contributed by atoms with E-state index in [1.807, 2.05) is 13.8 Å². The van der Waals surface area contributed by atoms with Gasteiger partial charge in [-0.05, 0) is 40.0 Å². The molecule has 3 atom stereocenters. The number of rotatable bonds is 4. The monoisotopic (exact) mass is 292 g/mol. The van der Waals surface area contributed by atoms with Crippen LogP contribution >= 0.6 is 0 Å². The molecule has 0 aliphatic carbocycles. The van der Waals surface area contributed by atoms with Crippen LogP contribution in [0.4, 0.5) is 0 Å². The van der Waals surface area contributed by atoms with Crippen LogP contribution in [0.15, 0.2) is 9.41 Å². The Bertz CT molecular complexity index is 506. The van der Waals surface area contributed by atoms with Crippen molar-refractivity contribution in [3.8, 4) is 0 Å². The summed E-state index contributed by atoms with van der Waals surface area (Å²) in [4.78, 5) is 8.93. The predicted octanol–water partition coefficient (Wildman–Crippen LogP) is 1.67. The highest BCUT2D eigenvalue weighted by molar-refractivity contribution is 5.80. The Morgan fingerprint density at radius 3 is 2.81 bits per heavy atom. The molecule has 2 N–H and O–H groups in total. The van der Waals surface area contributed by atoms with E-state index in [0.29, 0.717) is 30.7 Å². The van der Waals surface area contributed by atoms with Crippen molar-refractivity contribution in [3.05, 3.63) is 17.3 Å². The van der Waals surface area contributed by atoms with Gasteiger partial charge < -0.3 is 19.8 Å². The summed E-state index contributed by atoms with van der Waals surface area (Å²) < 4.78 is 11.4. The number of nitrogens with zero attached hydrogens (tertiary/aromatic N) is 2. The van der Waals surface area contributed by atoms with Gasteiger partial charge in [-0.2, -0.15) is 0 Å². The van der Waals surface area contributed by atoms with Crippen LogP contribution in [0.3, 0.4) is 0 Å². The van der Waals surface area contributed by atoms with Gasteiger partial charge >= 0.3 is 0 Å². The van der Waals surface area contributed by atoms with Gasteiger partial charge in [0.25, 0.3) is 0 Å². The van der Waals surface area contributed by atoms with Crippen LogP contribution in [-0.2, 0) is 11.3 Å². The summed E-state index contributed by atoms with van der Waals surface area (Å²) in [6.45, 7) is 7.21. The molecule has 0 spiro atoms. The van der Waals surface area contributed by atoms with Gasteiger partial charge in [-0.15, -0.1) is 0 Å². The summed E-state index contributed by atoms with van der Waals surface area (Å²) in [6, 6.07) is 0.370. The van der Waals surface area contributed by atoms with Crippen LogP contribution in [0.1, 0.15) is 43.5 Å². The maximum Gasteiger partial charge on any atom is 0.216 e. The molecule has 3 rings (SSSR count). The quantitative estimate of drug-likeness (QED) is 0.652. The first-order chi connectivity index (χ1) is 10.2. The molecule has 1 aromatic heterocycles. The summed E-state index contributed by atoms with van der Waals surface area (Å²) >= 11 is 0. The lowest BCUT2D eigenvalue weighted by atomic mass is 9.96. The molecule has 2 aliphatic heterocycles. The average molecular weight is 292 g/mol. The number of hydrogen-bond acceptors (Lipinski definition) is 4. The number of hydrogen-bond donors (Lipinski definition) is 2. The number of aromatic nitrogens is 1. The van der Waals surface area contributed by atoms with Crippen molar-refractivity contribution in [1.29, 1.82) is 0 Å². The first kappa shape index (κ1) is 14.4. The van der Waals surface area contributed by atoms with E-state index in [-0.39, 0.29) is 0 Å². The van der Waals surface area contributed by atoms with E-state index in [1.54, 1.807) is 0 Å². The molecule has 116 valence electrons. The second-order valence-corrected chi connectivity index (χ2v) is 5.80. The Hall–Kier alpha value is -1.56. The van der Waals surface area contributed by atoms with Gasteiger partial charge in [-0.1, -0.05) is 0 Å². The molecular weight excluding hydrogens is 268 g/mol. The van der Waals surface area contributed by atoms with Gasteiger partial charge in [0.1, 0.15) is 12.3 Å². The molecule has 3 unspecified atom stereocenters. The van der Waals surface area contributed by atoms with Crippen molar-refractivity contribution >= 4 is 5.96 Å². The zero-order valence-corrected chi connectivity index (χ0v) is 13.0. The molecule has 0 saturated carbocycles. The third-order valence-electron chi connectivity index (χ3n) is 4.22. The molecule has 2 bridgehead atoms. The van der Waals surface area contributed by atoms with Crippen LogP contribution in [-0.4, -0.2) is 35.7 Å². The molecule has 1 aromatic rings. The fourth-order valence-electron chi connectivity index (χ4n) is 3.04. The minimum Gasteiger partial charge on any atom is -0.444 e. The van der Waals surface area contributed by atoms with Crippen LogP contribution in [0, 0.1) is 13.8 Å². The van der Waals surface area contributed by atoms with Crippen LogP contribution < -0.4 is 10.6 Å². The number of guanidine groups is 1. The third kappa shape index (κ3) is 3.20. The number of aryl methyl sites for hydroxylation is 2. The predicted molar refractivity (Wildman–Crippen MR) is 80.2 cm³/mol. The number of nitrogens with one attached hydrogen (secondary N) is 2. The molecule has 0 amide bonds. The highest BCUT2D eigenvalue weighted by Gasteiger charge is 2.41. The summed E-state index contributed by atoms with van der Waals surface area (Å²) in [7, 11) is 0. The highest BCUT2D eigenvalue weighted by atomic mass is 16.5. The largest absolute Gasteiger partial charge is 0.444 e. The van der Waals surface area contributed by atoms with Crippen molar-refractivity contribution in [2.75, 3.05) is 6.54 Å². The standard InChI is InChI=1S/C15H24N4O2/c1-4-16-15(17-8-14-18-9(2)10(3)20-14)19-12-7-11-5-6-13(12)21-11/h11-13H,4-8H2,1-3H3,(H2,16,17,19). The molecule has 21 heavy (non-hydrogen) atoms. The minimum absolute atomic E-state index is 0.338. The molecule has 6 nitrogen and oxygen atoms in total. The Morgan fingerprint density at radius 1 is 1.38 bits per heavy atom. The van der Waals surface area contributed by atoms with Gasteiger partial charge in [0.2, 0.25) is 5.89 Å². The summed E-state index contributed by atoms with van der Waals surface area (Å²) in [6.07, 6.45) is 4.20. The SMILES string of the molecule is CCNC(=NCc1nc(C)c(C)o1)NC1CC2CCC1O2. The van der Waals surface area contributed by atoms with Crippen molar-refractivity contribution in [3.63, 3.8) is 0 Å². The molecule has 0 aromatic carbocycles. The van der Waals surface area contributed by atoms with E-state index in [2.05, 4.69) is 27.5 Å². The highest BCUT2D eigenvalue weighted by Crippen LogP contribution is 2.34. The lowest BCUT2D eigenvalue weighted by Gasteiger charge is -2.22.